The van der Waals surface area contributed by atoms with Crippen LogP contribution in [0, 0.1) is 23.7 Å². The molecule has 0 radical (unpaired) electrons. The minimum Gasteiger partial charge on any atom is -0.379 e. The molecule has 2 saturated heterocycles. The molecule has 5 rings (SSSR count). The van der Waals surface area contributed by atoms with E-state index in [4.69, 9.17) is 9.47 Å². The number of hydrogen-bond donors (Lipinski definition) is 2. The predicted octanol–water partition coefficient (Wildman–Crippen LogP) is 4.66. The second-order valence-corrected chi connectivity index (χ2v) is 13.2. The summed E-state index contributed by atoms with van der Waals surface area (Å²) in [5, 5.41) is 6.33. The molecule has 8 nitrogen and oxygen atoms in total. The molecule has 3 heterocycles. The predicted molar refractivity (Wildman–Crippen MR) is 158 cm³/mol. The van der Waals surface area contributed by atoms with Crippen LogP contribution in [0.1, 0.15) is 78.7 Å². The van der Waals surface area contributed by atoms with Crippen molar-refractivity contribution in [2.75, 3.05) is 18.5 Å². The van der Waals surface area contributed by atoms with Gasteiger partial charge in [-0.25, -0.2) is 0 Å². The number of hydrogen-bond acceptors (Lipinski definition) is 5. The van der Waals surface area contributed by atoms with Crippen LogP contribution >= 0.6 is 0 Å². The monoisotopic (exact) mass is 565 g/mol. The van der Waals surface area contributed by atoms with Crippen molar-refractivity contribution in [3.8, 4) is 0 Å². The quantitative estimate of drug-likeness (QED) is 0.318. The number of carbonyl (C=O) groups is 3. The summed E-state index contributed by atoms with van der Waals surface area (Å²) in [5.41, 5.74) is 0.715. The molecule has 0 aromatic heterocycles. The van der Waals surface area contributed by atoms with Crippen LogP contribution in [0.2, 0.25) is 0 Å². The van der Waals surface area contributed by atoms with Gasteiger partial charge in [0, 0.05) is 24.9 Å². The van der Waals surface area contributed by atoms with E-state index in [2.05, 4.69) is 38.3 Å². The summed E-state index contributed by atoms with van der Waals surface area (Å²) in [4.78, 5) is 43.6. The van der Waals surface area contributed by atoms with Crippen molar-refractivity contribution in [2.45, 2.75) is 103 Å². The third-order valence-electron chi connectivity index (χ3n) is 9.80. The van der Waals surface area contributed by atoms with Gasteiger partial charge in [-0.15, -0.1) is 0 Å². The largest absolute Gasteiger partial charge is 0.379 e. The third kappa shape index (κ3) is 5.57. The van der Waals surface area contributed by atoms with Crippen molar-refractivity contribution in [2.24, 2.45) is 23.7 Å². The van der Waals surface area contributed by atoms with E-state index in [1.807, 2.05) is 50.3 Å². The number of nitrogens with zero attached hydrogens (tertiary/aromatic N) is 1. The number of nitrogens with one attached hydrogen (secondary N) is 2. The smallest absolute Gasteiger partial charge is 0.246 e. The fourth-order valence-corrected chi connectivity index (χ4v) is 7.29. The van der Waals surface area contributed by atoms with E-state index in [-0.39, 0.29) is 29.9 Å². The van der Waals surface area contributed by atoms with Crippen LogP contribution in [-0.2, 0) is 23.9 Å². The molecule has 8 atom stereocenters. The van der Waals surface area contributed by atoms with Crippen molar-refractivity contribution >= 4 is 23.4 Å². The van der Waals surface area contributed by atoms with E-state index < -0.39 is 29.6 Å². The highest BCUT2D eigenvalue weighted by atomic mass is 16.5. The fourth-order valence-electron chi connectivity index (χ4n) is 7.29. The van der Waals surface area contributed by atoms with Crippen LogP contribution in [0.3, 0.4) is 0 Å². The number of rotatable bonds is 10. The molecule has 0 unspecified atom stereocenters. The van der Waals surface area contributed by atoms with Gasteiger partial charge in [-0.05, 0) is 62.1 Å². The molecule has 2 N–H and O–H groups in total. The standard InChI is InChI=1S/C33H47N3O5/c1-19(2)23-11-13-24(14-12-23)34-30(37)27-26-15-16-33(41-26)28(27)32(39)36(17-8-18-40-20(3)4)29(33)31(38)35-25-10-7-9-21(5)22(25)6/h11-16,19-22,25-29H,7-10,17-18H2,1-6H3,(H,34,37)(H,35,38)/t21-,22-,25-,26-,27-,28-,29+,33+/m1/s1. The lowest BCUT2D eigenvalue weighted by Gasteiger charge is -2.38. The summed E-state index contributed by atoms with van der Waals surface area (Å²) < 4.78 is 12.2. The van der Waals surface area contributed by atoms with E-state index >= 15 is 0 Å². The van der Waals surface area contributed by atoms with Gasteiger partial charge in [0.15, 0.2) is 0 Å². The molecule has 2 bridgehead atoms. The van der Waals surface area contributed by atoms with Gasteiger partial charge in [0.2, 0.25) is 17.7 Å². The molecular formula is C33H47N3O5. The lowest BCUT2D eigenvalue weighted by atomic mass is 9.73. The van der Waals surface area contributed by atoms with Crippen LogP contribution in [0.4, 0.5) is 5.69 Å². The Kier molecular flexibility index (Phi) is 8.63. The van der Waals surface area contributed by atoms with Crippen LogP contribution in [0.25, 0.3) is 0 Å². The molecule has 8 heteroatoms. The minimum absolute atomic E-state index is 0.0541. The Balaban J connectivity index is 1.39. The molecule has 1 aromatic rings. The van der Waals surface area contributed by atoms with Crippen molar-refractivity contribution < 1.29 is 23.9 Å². The van der Waals surface area contributed by atoms with Gasteiger partial charge in [-0.3, -0.25) is 14.4 Å². The highest BCUT2D eigenvalue weighted by Crippen LogP contribution is 2.55. The number of anilines is 1. The molecule has 3 fully saturated rings. The first kappa shape index (κ1) is 29.8. The molecule has 1 saturated carbocycles. The fraction of sp³-hybridized carbons (Fsp3) is 0.667. The van der Waals surface area contributed by atoms with E-state index in [1.165, 1.54) is 5.56 Å². The number of fused-ring (bicyclic) bond motifs is 1. The minimum atomic E-state index is -1.15. The van der Waals surface area contributed by atoms with Crippen molar-refractivity contribution in [3.05, 3.63) is 42.0 Å². The number of ether oxygens (including phenoxy) is 2. The summed E-state index contributed by atoms with van der Waals surface area (Å²) in [6.07, 6.45) is 7.04. The average molecular weight is 566 g/mol. The van der Waals surface area contributed by atoms with Crippen LogP contribution in [0.15, 0.2) is 36.4 Å². The lowest BCUT2D eigenvalue weighted by molar-refractivity contribution is -0.142. The van der Waals surface area contributed by atoms with Crippen molar-refractivity contribution in [1.29, 1.82) is 0 Å². The van der Waals surface area contributed by atoms with Gasteiger partial charge in [0.1, 0.15) is 11.6 Å². The topological polar surface area (TPSA) is 97.0 Å². The lowest BCUT2D eigenvalue weighted by Crippen LogP contribution is -2.58. The number of benzene rings is 1. The number of likely N-dealkylation sites (tertiary alicyclic amines) is 1. The molecule has 41 heavy (non-hydrogen) atoms. The Morgan fingerprint density at radius 2 is 1.83 bits per heavy atom. The maximum atomic E-state index is 14.1. The van der Waals surface area contributed by atoms with Crippen LogP contribution in [0.5, 0.6) is 0 Å². The first-order chi connectivity index (χ1) is 19.5. The zero-order chi connectivity index (χ0) is 29.5. The van der Waals surface area contributed by atoms with Gasteiger partial charge in [-0.2, -0.15) is 0 Å². The Morgan fingerprint density at radius 1 is 1.10 bits per heavy atom. The van der Waals surface area contributed by atoms with Crippen molar-refractivity contribution in [3.63, 3.8) is 0 Å². The van der Waals surface area contributed by atoms with Crippen LogP contribution < -0.4 is 10.6 Å². The maximum Gasteiger partial charge on any atom is 0.246 e. The van der Waals surface area contributed by atoms with E-state index in [0.717, 1.165) is 19.3 Å². The van der Waals surface area contributed by atoms with E-state index in [9.17, 15) is 14.4 Å². The Hall–Kier alpha value is -2.71. The molecule has 3 amide bonds. The SMILES string of the molecule is CC(C)OCCCN1C(=O)[C@H]2[C@H](C(=O)Nc3ccc(C(C)C)cc3)[C@H]3C=C[C@@]2(O3)[C@@H]1C(=O)N[C@@H]1CCC[C@@H](C)[C@H]1C. The Labute approximate surface area is 244 Å². The van der Waals surface area contributed by atoms with Gasteiger partial charge in [0.25, 0.3) is 0 Å². The molecule has 3 aliphatic heterocycles. The van der Waals surface area contributed by atoms with Crippen molar-refractivity contribution in [1.82, 2.24) is 10.2 Å². The number of amides is 3. The maximum absolute atomic E-state index is 14.1. The van der Waals surface area contributed by atoms with Gasteiger partial charge in [-0.1, -0.05) is 64.8 Å². The highest BCUT2D eigenvalue weighted by molar-refractivity contribution is 6.02. The second-order valence-electron chi connectivity index (χ2n) is 13.2. The average Bonchev–Trinajstić information content (AvgIpc) is 3.57. The summed E-state index contributed by atoms with van der Waals surface area (Å²) in [6, 6.07) is 7.04. The molecule has 1 aromatic carbocycles. The molecule has 4 aliphatic rings. The third-order valence-corrected chi connectivity index (χ3v) is 9.80. The molecule has 1 aliphatic carbocycles. The first-order valence-corrected chi connectivity index (χ1v) is 15.5. The zero-order valence-corrected chi connectivity index (χ0v) is 25.4. The Morgan fingerprint density at radius 3 is 2.51 bits per heavy atom. The van der Waals surface area contributed by atoms with Crippen LogP contribution in [-0.4, -0.2) is 65.7 Å². The van der Waals surface area contributed by atoms with E-state index in [1.54, 1.807) is 4.90 Å². The first-order valence-electron chi connectivity index (χ1n) is 15.5. The van der Waals surface area contributed by atoms with Gasteiger partial charge < -0.3 is 25.0 Å². The molecule has 1 spiro atoms. The van der Waals surface area contributed by atoms with Gasteiger partial charge in [0.05, 0.1) is 24.0 Å². The normalized spacial score (nSPS) is 34.0. The second kappa shape index (κ2) is 11.9. The summed E-state index contributed by atoms with van der Waals surface area (Å²) in [7, 11) is 0. The summed E-state index contributed by atoms with van der Waals surface area (Å²) in [6.45, 7) is 13.5. The highest BCUT2D eigenvalue weighted by Gasteiger charge is 2.72. The number of carbonyl (C=O) groups excluding carboxylic acids is 3. The van der Waals surface area contributed by atoms with Gasteiger partial charge >= 0.3 is 0 Å². The van der Waals surface area contributed by atoms with E-state index in [0.29, 0.717) is 43.0 Å². The Bertz CT molecular complexity index is 1160. The molecular weight excluding hydrogens is 518 g/mol. The summed E-state index contributed by atoms with van der Waals surface area (Å²) >= 11 is 0. The summed E-state index contributed by atoms with van der Waals surface area (Å²) in [5.74, 6) is -0.835. The zero-order valence-electron chi connectivity index (χ0n) is 25.4. The molecule has 224 valence electrons.